The lowest BCUT2D eigenvalue weighted by Crippen LogP contribution is -2.50. The molecule has 0 spiro atoms. The third-order valence-corrected chi connectivity index (χ3v) is 3.67. The zero-order chi connectivity index (χ0) is 12.5. The lowest BCUT2D eigenvalue weighted by Gasteiger charge is -2.37. The van der Waals surface area contributed by atoms with Gasteiger partial charge in [-0.15, -0.1) is 0 Å². The number of fused-ring (bicyclic) bond motifs is 1. The fourth-order valence-electron chi connectivity index (χ4n) is 2.62. The second kappa shape index (κ2) is 4.65. The largest absolute Gasteiger partial charge is 0.303 e. The summed E-state index contributed by atoms with van der Waals surface area (Å²) in [7, 11) is 2.14. The van der Waals surface area contributed by atoms with Crippen molar-refractivity contribution < 1.29 is 0 Å². The van der Waals surface area contributed by atoms with Gasteiger partial charge in [-0.25, -0.2) is 5.01 Å². The third kappa shape index (κ3) is 1.99. The first-order valence-corrected chi connectivity index (χ1v) is 6.29. The van der Waals surface area contributed by atoms with Crippen LogP contribution in [0, 0.1) is 0 Å². The highest BCUT2D eigenvalue weighted by molar-refractivity contribution is 5.82. The summed E-state index contributed by atoms with van der Waals surface area (Å²) in [6.07, 6.45) is 1.88. The van der Waals surface area contributed by atoms with Crippen molar-refractivity contribution in [1.29, 1.82) is 0 Å². The van der Waals surface area contributed by atoms with E-state index in [0.29, 0.717) is 0 Å². The van der Waals surface area contributed by atoms with Crippen molar-refractivity contribution in [3.8, 4) is 0 Å². The van der Waals surface area contributed by atoms with E-state index in [-0.39, 0.29) is 6.04 Å². The van der Waals surface area contributed by atoms with E-state index in [4.69, 9.17) is 5.84 Å². The molecule has 94 valence electrons. The van der Waals surface area contributed by atoms with Crippen LogP contribution in [0.5, 0.6) is 0 Å². The molecule has 0 radical (unpaired) electrons. The molecular formula is C14H18N4. The van der Waals surface area contributed by atoms with Gasteiger partial charge in [0, 0.05) is 31.2 Å². The van der Waals surface area contributed by atoms with Crippen LogP contribution in [-0.2, 0) is 0 Å². The number of rotatable bonds is 1. The molecule has 0 saturated carbocycles. The molecule has 0 aliphatic carbocycles. The van der Waals surface area contributed by atoms with E-state index in [9.17, 15) is 0 Å². The number of hydrogen-bond acceptors (Lipinski definition) is 4. The lowest BCUT2D eigenvalue weighted by molar-refractivity contribution is 0.0913. The molecule has 1 saturated heterocycles. The van der Waals surface area contributed by atoms with E-state index in [2.05, 4.69) is 35.1 Å². The molecule has 2 aromatic rings. The maximum absolute atomic E-state index is 6.15. The molecule has 2 N–H and O–H groups in total. The van der Waals surface area contributed by atoms with Crippen LogP contribution in [0.3, 0.4) is 0 Å². The molecule has 4 heteroatoms. The van der Waals surface area contributed by atoms with E-state index < -0.39 is 0 Å². The maximum Gasteiger partial charge on any atom is 0.0705 e. The lowest BCUT2D eigenvalue weighted by atomic mass is 10.00. The van der Waals surface area contributed by atoms with Gasteiger partial charge < -0.3 is 4.90 Å². The van der Waals surface area contributed by atoms with E-state index in [0.717, 1.165) is 25.2 Å². The summed E-state index contributed by atoms with van der Waals surface area (Å²) in [5.74, 6) is 6.15. The van der Waals surface area contributed by atoms with Crippen LogP contribution in [0.15, 0.2) is 36.5 Å². The Balaban J connectivity index is 2.07. The van der Waals surface area contributed by atoms with Crippen LogP contribution in [0.4, 0.5) is 0 Å². The van der Waals surface area contributed by atoms with Gasteiger partial charge in [0.15, 0.2) is 0 Å². The van der Waals surface area contributed by atoms with Crippen LogP contribution in [0.1, 0.15) is 11.6 Å². The highest BCUT2D eigenvalue weighted by Crippen LogP contribution is 2.27. The maximum atomic E-state index is 6.15. The first-order valence-electron chi connectivity index (χ1n) is 6.29. The van der Waals surface area contributed by atoms with Crippen molar-refractivity contribution in [2.75, 3.05) is 26.7 Å². The normalized spacial score (nSPS) is 22.4. The summed E-state index contributed by atoms with van der Waals surface area (Å²) in [4.78, 5) is 6.73. The van der Waals surface area contributed by atoms with Crippen molar-refractivity contribution in [3.05, 3.63) is 42.1 Å². The topological polar surface area (TPSA) is 45.4 Å². The molecule has 18 heavy (non-hydrogen) atoms. The second-order valence-electron chi connectivity index (χ2n) is 4.93. The number of piperazine rings is 1. The smallest absolute Gasteiger partial charge is 0.0705 e. The van der Waals surface area contributed by atoms with Gasteiger partial charge in [-0.1, -0.05) is 18.2 Å². The minimum atomic E-state index is 0.247. The average Bonchev–Trinajstić information content (AvgIpc) is 2.41. The number of para-hydroxylation sites is 1. The fraction of sp³-hybridized carbons (Fsp3) is 0.357. The van der Waals surface area contributed by atoms with Crippen LogP contribution >= 0.6 is 0 Å². The number of nitrogens with zero attached hydrogens (tertiary/aromatic N) is 3. The van der Waals surface area contributed by atoms with Gasteiger partial charge in [-0.2, -0.15) is 0 Å². The SMILES string of the molecule is CN1CCN(N)C(c2ccnc3ccccc23)C1. The number of hydrazine groups is 1. The average molecular weight is 242 g/mol. The van der Waals surface area contributed by atoms with Gasteiger partial charge in [-0.3, -0.25) is 10.8 Å². The Kier molecular flexibility index (Phi) is 2.99. The summed E-state index contributed by atoms with van der Waals surface area (Å²) in [6, 6.07) is 10.6. The van der Waals surface area contributed by atoms with Crippen molar-refractivity contribution in [3.63, 3.8) is 0 Å². The Morgan fingerprint density at radius 3 is 2.94 bits per heavy atom. The number of likely N-dealkylation sites (N-methyl/N-ethyl adjacent to an activating group) is 1. The summed E-state index contributed by atoms with van der Waals surface area (Å²) < 4.78 is 0. The molecule has 1 aromatic carbocycles. The molecule has 0 bridgehead atoms. The first-order chi connectivity index (χ1) is 8.75. The predicted molar refractivity (Wildman–Crippen MR) is 72.9 cm³/mol. The Bertz CT molecular complexity index is 549. The number of hydrogen-bond donors (Lipinski definition) is 1. The highest BCUT2D eigenvalue weighted by atomic mass is 15.5. The fourth-order valence-corrected chi connectivity index (χ4v) is 2.62. The molecule has 1 aliphatic rings. The van der Waals surface area contributed by atoms with Gasteiger partial charge >= 0.3 is 0 Å². The van der Waals surface area contributed by atoms with E-state index in [1.807, 2.05) is 23.3 Å². The predicted octanol–water partition coefficient (Wildman–Crippen LogP) is 1.40. The van der Waals surface area contributed by atoms with Crippen LogP contribution in [0.2, 0.25) is 0 Å². The Hall–Kier alpha value is -1.49. The van der Waals surface area contributed by atoms with Crippen LogP contribution in [0.25, 0.3) is 10.9 Å². The molecule has 0 amide bonds. The Morgan fingerprint density at radius 2 is 2.06 bits per heavy atom. The molecule has 4 nitrogen and oxygen atoms in total. The molecule has 3 rings (SSSR count). The molecule has 1 aliphatic heterocycles. The molecule has 1 fully saturated rings. The summed E-state index contributed by atoms with van der Waals surface area (Å²) in [6.45, 7) is 2.89. The zero-order valence-corrected chi connectivity index (χ0v) is 10.6. The van der Waals surface area contributed by atoms with E-state index in [1.165, 1.54) is 10.9 Å². The zero-order valence-electron chi connectivity index (χ0n) is 10.6. The van der Waals surface area contributed by atoms with Gasteiger partial charge in [0.05, 0.1) is 11.6 Å². The monoisotopic (exact) mass is 242 g/mol. The van der Waals surface area contributed by atoms with Gasteiger partial charge in [0.1, 0.15) is 0 Å². The highest BCUT2D eigenvalue weighted by Gasteiger charge is 2.25. The number of aromatic nitrogens is 1. The van der Waals surface area contributed by atoms with Crippen LogP contribution < -0.4 is 5.84 Å². The Labute approximate surface area is 107 Å². The number of benzene rings is 1. The molecule has 1 unspecified atom stereocenters. The molecule has 2 heterocycles. The minimum Gasteiger partial charge on any atom is -0.303 e. The van der Waals surface area contributed by atoms with Gasteiger partial charge in [0.2, 0.25) is 0 Å². The van der Waals surface area contributed by atoms with Gasteiger partial charge in [-0.05, 0) is 24.7 Å². The quantitative estimate of drug-likeness (QED) is 0.768. The number of pyridine rings is 1. The molecular weight excluding hydrogens is 224 g/mol. The second-order valence-corrected chi connectivity index (χ2v) is 4.93. The van der Waals surface area contributed by atoms with Crippen molar-refractivity contribution >= 4 is 10.9 Å². The molecule has 1 aromatic heterocycles. The summed E-state index contributed by atoms with van der Waals surface area (Å²) in [5, 5.41) is 3.15. The van der Waals surface area contributed by atoms with E-state index in [1.54, 1.807) is 0 Å². The van der Waals surface area contributed by atoms with Crippen molar-refractivity contribution in [1.82, 2.24) is 14.9 Å². The standard InChI is InChI=1S/C14H18N4/c1-17-8-9-18(15)14(10-17)12-6-7-16-13-5-3-2-4-11(12)13/h2-7,14H,8-10,15H2,1H3. The van der Waals surface area contributed by atoms with Crippen molar-refractivity contribution in [2.45, 2.75) is 6.04 Å². The third-order valence-electron chi connectivity index (χ3n) is 3.67. The van der Waals surface area contributed by atoms with E-state index >= 15 is 0 Å². The minimum absolute atomic E-state index is 0.247. The summed E-state index contributed by atoms with van der Waals surface area (Å²) >= 11 is 0. The van der Waals surface area contributed by atoms with Crippen molar-refractivity contribution in [2.24, 2.45) is 5.84 Å². The first kappa shape index (κ1) is 11.6. The summed E-state index contributed by atoms with van der Waals surface area (Å²) in [5.41, 5.74) is 2.31. The molecule has 1 atom stereocenters. The number of nitrogens with two attached hydrogens (primary N) is 1. The van der Waals surface area contributed by atoms with Gasteiger partial charge in [0.25, 0.3) is 0 Å². The van der Waals surface area contributed by atoms with Crippen LogP contribution in [-0.4, -0.2) is 41.6 Å². The Morgan fingerprint density at radius 1 is 1.22 bits per heavy atom.